The number of aryl methyl sites for hydroxylation is 2. The van der Waals surface area contributed by atoms with Crippen LogP contribution >= 0.6 is 23.4 Å². The van der Waals surface area contributed by atoms with Crippen LogP contribution in [0.1, 0.15) is 21.8 Å². The Morgan fingerprint density at radius 2 is 1.89 bits per heavy atom. The van der Waals surface area contributed by atoms with Gasteiger partial charge >= 0.3 is 0 Å². The lowest BCUT2D eigenvalue weighted by Gasteiger charge is -2.34. The Kier molecular flexibility index (Phi) is 5.85. The van der Waals surface area contributed by atoms with E-state index in [1.54, 1.807) is 30.9 Å². The predicted molar refractivity (Wildman–Crippen MR) is 104 cm³/mol. The average molecular weight is 430 g/mol. The highest BCUT2D eigenvalue weighted by Gasteiger charge is 2.34. The van der Waals surface area contributed by atoms with E-state index >= 15 is 0 Å². The van der Waals surface area contributed by atoms with Gasteiger partial charge in [-0.2, -0.15) is 4.31 Å². The van der Waals surface area contributed by atoms with Crippen molar-refractivity contribution in [3.8, 4) is 0 Å². The molecule has 146 valence electrons. The first kappa shape index (κ1) is 20.2. The highest BCUT2D eigenvalue weighted by atomic mass is 35.5. The molecule has 3 rings (SSSR count). The van der Waals surface area contributed by atoms with E-state index in [1.807, 2.05) is 12.3 Å². The number of thioether (sulfide) groups is 1. The van der Waals surface area contributed by atoms with Gasteiger partial charge in [-0.15, -0.1) is 11.8 Å². The van der Waals surface area contributed by atoms with E-state index in [4.69, 9.17) is 16.1 Å². The summed E-state index contributed by atoms with van der Waals surface area (Å²) in [6.07, 6.45) is 1.93. The van der Waals surface area contributed by atoms with Gasteiger partial charge in [0.2, 0.25) is 10.0 Å². The average Bonchev–Trinajstić information content (AvgIpc) is 3.00. The Morgan fingerprint density at radius 1 is 1.22 bits per heavy atom. The fourth-order valence-corrected chi connectivity index (χ4v) is 5.42. The van der Waals surface area contributed by atoms with Gasteiger partial charge in [0.1, 0.15) is 10.6 Å². The lowest BCUT2D eigenvalue weighted by molar-refractivity contribution is 0.0697. The summed E-state index contributed by atoms with van der Waals surface area (Å²) in [6.45, 7) is 4.18. The van der Waals surface area contributed by atoms with E-state index in [0.717, 1.165) is 4.90 Å². The van der Waals surface area contributed by atoms with E-state index in [2.05, 4.69) is 5.16 Å². The Balaban J connectivity index is 1.75. The number of carbonyl (C=O) groups excluding carboxylic acids is 1. The zero-order valence-corrected chi connectivity index (χ0v) is 17.6. The van der Waals surface area contributed by atoms with Gasteiger partial charge in [-0.3, -0.25) is 4.79 Å². The Labute approximate surface area is 167 Å². The molecule has 0 atom stereocenters. The quantitative estimate of drug-likeness (QED) is 0.695. The van der Waals surface area contributed by atoms with Crippen molar-refractivity contribution >= 4 is 39.3 Å². The third kappa shape index (κ3) is 3.87. The van der Waals surface area contributed by atoms with Crippen LogP contribution < -0.4 is 0 Å². The Bertz CT molecular complexity index is 947. The van der Waals surface area contributed by atoms with Crippen molar-refractivity contribution in [3.05, 3.63) is 40.2 Å². The van der Waals surface area contributed by atoms with Gasteiger partial charge in [-0.05, 0) is 38.3 Å². The standard InChI is InChI=1S/C17H20ClN3O4S2/c1-11-16(12(2)25-19-11)27(23,24)21-8-6-20(7-9-21)17(22)14-10-13(26-3)4-5-15(14)18/h4-5,10H,6-9H2,1-3H3. The lowest BCUT2D eigenvalue weighted by Crippen LogP contribution is -2.50. The number of hydrogen-bond donors (Lipinski definition) is 0. The SMILES string of the molecule is CSc1ccc(Cl)c(C(=O)N2CCN(S(=O)(=O)c3c(C)noc3C)CC2)c1. The van der Waals surface area contributed by atoms with Gasteiger partial charge in [0.05, 0.1) is 10.6 Å². The minimum atomic E-state index is -3.70. The summed E-state index contributed by atoms with van der Waals surface area (Å²) < 4.78 is 32.1. The number of benzene rings is 1. The monoisotopic (exact) mass is 429 g/mol. The molecule has 7 nitrogen and oxygen atoms in total. The van der Waals surface area contributed by atoms with Crippen molar-refractivity contribution in [1.29, 1.82) is 0 Å². The molecule has 10 heteroatoms. The number of halogens is 1. The Morgan fingerprint density at radius 3 is 2.44 bits per heavy atom. The third-order valence-electron chi connectivity index (χ3n) is 4.50. The van der Waals surface area contributed by atoms with Crippen LogP contribution in [0.5, 0.6) is 0 Å². The molecule has 2 heterocycles. The van der Waals surface area contributed by atoms with Crippen LogP contribution in [-0.4, -0.2) is 61.1 Å². The van der Waals surface area contributed by atoms with Crippen molar-refractivity contribution in [2.45, 2.75) is 23.6 Å². The van der Waals surface area contributed by atoms with Gasteiger partial charge < -0.3 is 9.42 Å². The van der Waals surface area contributed by atoms with Gasteiger partial charge in [-0.1, -0.05) is 16.8 Å². The van der Waals surface area contributed by atoms with Gasteiger partial charge in [-0.25, -0.2) is 8.42 Å². The van der Waals surface area contributed by atoms with Gasteiger partial charge in [0.25, 0.3) is 5.91 Å². The highest BCUT2D eigenvalue weighted by Crippen LogP contribution is 2.27. The van der Waals surface area contributed by atoms with E-state index in [0.29, 0.717) is 29.4 Å². The molecule has 0 saturated carbocycles. The second-order valence-electron chi connectivity index (χ2n) is 6.20. The molecule has 0 radical (unpaired) electrons. The highest BCUT2D eigenvalue weighted by molar-refractivity contribution is 7.98. The molecule has 0 spiro atoms. The van der Waals surface area contributed by atoms with Crippen LogP contribution in [0.3, 0.4) is 0 Å². The number of nitrogens with zero attached hydrogens (tertiary/aromatic N) is 3. The second-order valence-corrected chi connectivity index (χ2v) is 9.36. The van der Waals surface area contributed by atoms with Crippen molar-refractivity contribution in [2.75, 3.05) is 32.4 Å². The van der Waals surface area contributed by atoms with Crippen LogP contribution in [0.25, 0.3) is 0 Å². The minimum Gasteiger partial charge on any atom is -0.360 e. The maximum Gasteiger partial charge on any atom is 0.255 e. The molecule has 1 amide bonds. The first-order valence-electron chi connectivity index (χ1n) is 8.31. The number of aromatic nitrogens is 1. The molecule has 0 N–H and O–H groups in total. The van der Waals surface area contributed by atoms with Crippen molar-refractivity contribution in [3.63, 3.8) is 0 Å². The summed E-state index contributed by atoms with van der Waals surface area (Å²) in [5.41, 5.74) is 0.775. The van der Waals surface area contributed by atoms with Crippen LogP contribution in [0.2, 0.25) is 5.02 Å². The van der Waals surface area contributed by atoms with Crippen LogP contribution in [0, 0.1) is 13.8 Å². The molecule has 1 aliphatic rings. The summed E-state index contributed by atoms with van der Waals surface area (Å²) in [5.74, 6) is 0.0805. The number of hydrogen-bond acceptors (Lipinski definition) is 6. The van der Waals surface area contributed by atoms with Crippen LogP contribution in [0.4, 0.5) is 0 Å². The normalized spacial score (nSPS) is 15.9. The third-order valence-corrected chi connectivity index (χ3v) is 7.69. The molecule has 0 aliphatic carbocycles. The number of carbonyl (C=O) groups is 1. The first-order chi connectivity index (χ1) is 12.8. The molecule has 1 aromatic carbocycles. The molecule has 1 fully saturated rings. The molecule has 1 aromatic heterocycles. The maximum atomic E-state index is 12.9. The molecule has 0 bridgehead atoms. The molecule has 0 unspecified atom stereocenters. The summed E-state index contributed by atoms with van der Waals surface area (Å²) >= 11 is 7.72. The van der Waals surface area contributed by atoms with E-state index in [9.17, 15) is 13.2 Å². The maximum absolute atomic E-state index is 12.9. The molecular formula is C17H20ClN3O4S2. The van der Waals surface area contributed by atoms with Crippen molar-refractivity contribution in [1.82, 2.24) is 14.4 Å². The minimum absolute atomic E-state index is 0.109. The zero-order chi connectivity index (χ0) is 19.8. The van der Waals surface area contributed by atoms with E-state index < -0.39 is 10.0 Å². The van der Waals surface area contributed by atoms with Crippen molar-refractivity contribution in [2.24, 2.45) is 0 Å². The molecule has 1 saturated heterocycles. The Hall–Kier alpha value is -1.55. The predicted octanol–water partition coefficient (Wildman–Crippen LogP) is 2.81. The van der Waals surface area contributed by atoms with Crippen molar-refractivity contribution < 1.29 is 17.7 Å². The molecular weight excluding hydrogens is 410 g/mol. The lowest BCUT2D eigenvalue weighted by atomic mass is 10.2. The van der Waals surface area contributed by atoms with E-state index in [-0.39, 0.29) is 29.7 Å². The topological polar surface area (TPSA) is 83.7 Å². The summed E-state index contributed by atoms with van der Waals surface area (Å²) in [6, 6.07) is 5.33. The van der Waals surface area contributed by atoms with Gasteiger partial charge in [0.15, 0.2) is 5.76 Å². The zero-order valence-electron chi connectivity index (χ0n) is 15.2. The fraction of sp³-hybridized carbons (Fsp3) is 0.412. The summed E-state index contributed by atoms with van der Waals surface area (Å²) in [5, 5.41) is 4.12. The van der Waals surface area contributed by atoms with Crippen LogP contribution in [0.15, 0.2) is 32.5 Å². The van der Waals surface area contributed by atoms with Crippen LogP contribution in [-0.2, 0) is 10.0 Å². The fourth-order valence-electron chi connectivity index (χ4n) is 3.07. The first-order valence-corrected chi connectivity index (χ1v) is 11.4. The number of amides is 1. The van der Waals surface area contributed by atoms with E-state index in [1.165, 1.54) is 16.1 Å². The van der Waals surface area contributed by atoms with Gasteiger partial charge in [0, 0.05) is 31.1 Å². The number of sulfonamides is 1. The number of rotatable bonds is 4. The molecule has 2 aromatic rings. The summed E-state index contributed by atoms with van der Waals surface area (Å²) in [4.78, 5) is 15.5. The molecule has 27 heavy (non-hydrogen) atoms. The smallest absolute Gasteiger partial charge is 0.255 e. The largest absolute Gasteiger partial charge is 0.360 e. The summed E-state index contributed by atoms with van der Waals surface area (Å²) in [7, 11) is -3.70. The number of piperazine rings is 1. The second kappa shape index (κ2) is 7.83. The molecule has 1 aliphatic heterocycles.